The fraction of sp³-hybridized carbons (Fsp3) is 0.333. The van der Waals surface area contributed by atoms with Crippen LogP contribution < -0.4 is 15.4 Å². The van der Waals surface area contributed by atoms with Gasteiger partial charge >= 0.3 is 0 Å². The minimum absolute atomic E-state index is 0.118. The first-order chi connectivity index (χ1) is 12.9. The molecule has 6 heteroatoms. The van der Waals surface area contributed by atoms with Crippen molar-refractivity contribution in [3.63, 3.8) is 0 Å². The van der Waals surface area contributed by atoms with Crippen molar-refractivity contribution in [3.8, 4) is 5.75 Å². The van der Waals surface area contributed by atoms with E-state index in [1.807, 2.05) is 39.0 Å². The van der Waals surface area contributed by atoms with Gasteiger partial charge in [-0.1, -0.05) is 12.1 Å². The molecule has 0 fully saturated rings. The maximum atomic E-state index is 12.2. The summed E-state index contributed by atoms with van der Waals surface area (Å²) in [5, 5.41) is 5.71. The van der Waals surface area contributed by atoms with Crippen molar-refractivity contribution in [3.05, 3.63) is 53.6 Å². The summed E-state index contributed by atoms with van der Waals surface area (Å²) in [6.07, 6.45) is 0. The van der Waals surface area contributed by atoms with Crippen molar-refractivity contribution in [1.82, 2.24) is 4.90 Å². The van der Waals surface area contributed by atoms with Gasteiger partial charge in [-0.25, -0.2) is 0 Å². The number of carbonyl (C=O) groups excluding carboxylic acids is 2. The highest BCUT2D eigenvalue weighted by molar-refractivity contribution is 5.95. The summed E-state index contributed by atoms with van der Waals surface area (Å²) >= 11 is 0. The Balaban J connectivity index is 1.81. The lowest BCUT2D eigenvalue weighted by atomic mass is 10.1. The van der Waals surface area contributed by atoms with Crippen LogP contribution >= 0.6 is 0 Å². The average Bonchev–Trinajstić information content (AvgIpc) is 2.59. The van der Waals surface area contributed by atoms with Gasteiger partial charge in [-0.3, -0.25) is 14.5 Å². The van der Waals surface area contributed by atoms with Gasteiger partial charge < -0.3 is 15.4 Å². The number of nitrogens with one attached hydrogen (secondary N) is 2. The quantitative estimate of drug-likeness (QED) is 0.750. The molecule has 2 aromatic carbocycles. The van der Waals surface area contributed by atoms with Gasteiger partial charge in [-0.05, 0) is 69.3 Å². The fourth-order valence-electron chi connectivity index (χ4n) is 2.61. The highest BCUT2D eigenvalue weighted by Crippen LogP contribution is 2.17. The largest absolute Gasteiger partial charge is 0.494 e. The van der Waals surface area contributed by atoms with E-state index in [-0.39, 0.29) is 24.9 Å². The van der Waals surface area contributed by atoms with Crippen LogP contribution in [0.3, 0.4) is 0 Å². The molecule has 0 aromatic heterocycles. The van der Waals surface area contributed by atoms with Gasteiger partial charge in [0.1, 0.15) is 5.75 Å². The van der Waals surface area contributed by atoms with Crippen LogP contribution in [0.15, 0.2) is 42.5 Å². The SMILES string of the molecule is CCOc1ccc(NC(=O)CN(C)CC(=O)Nc2cc(C)ccc2C)cc1. The summed E-state index contributed by atoms with van der Waals surface area (Å²) in [7, 11) is 1.74. The second-order valence-corrected chi connectivity index (χ2v) is 6.54. The van der Waals surface area contributed by atoms with Crippen LogP contribution in [0.2, 0.25) is 0 Å². The number of anilines is 2. The number of hydrogen-bond acceptors (Lipinski definition) is 4. The number of rotatable bonds is 8. The Morgan fingerprint density at radius 1 is 0.963 bits per heavy atom. The molecule has 27 heavy (non-hydrogen) atoms. The molecule has 0 heterocycles. The number of nitrogens with zero attached hydrogens (tertiary/aromatic N) is 1. The molecule has 2 amide bonds. The van der Waals surface area contributed by atoms with E-state index in [4.69, 9.17) is 4.74 Å². The third-order valence-electron chi connectivity index (χ3n) is 3.94. The zero-order valence-corrected chi connectivity index (χ0v) is 16.3. The lowest BCUT2D eigenvalue weighted by molar-refractivity contribution is -0.119. The van der Waals surface area contributed by atoms with Crippen molar-refractivity contribution >= 4 is 23.2 Å². The second kappa shape index (κ2) is 9.73. The number of benzene rings is 2. The molecule has 0 atom stereocenters. The lowest BCUT2D eigenvalue weighted by Crippen LogP contribution is -2.36. The normalized spacial score (nSPS) is 10.6. The van der Waals surface area contributed by atoms with Crippen LogP contribution in [-0.2, 0) is 9.59 Å². The summed E-state index contributed by atoms with van der Waals surface area (Å²) < 4.78 is 5.37. The second-order valence-electron chi connectivity index (χ2n) is 6.54. The first-order valence-electron chi connectivity index (χ1n) is 8.95. The first kappa shape index (κ1) is 20.5. The van der Waals surface area contributed by atoms with Gasteiger partial charge in [0.05, 0.1) is 19.7 Å². The summed E-state index contributed by atoms with van der Waals surface area (Å²) in [5.41, 5.74) is 3.58. The predicted octanol–water partition coefficient (Wildman–Crippen LogP) is 3.21. The van der Waals surface area contributed by atoms with E-state index in [9.17, 15) is 9.59 Å². The van der Waals surface area contributed by atoms with Crippen LogP contribution in [0, 0.1) is 13.8 Å². The summed E-state index contributed by atoms with van der Waals surface area (Å²) in [5.74, 6) is 0.428. The minimum Gasteiger partial charge on any atom is -0.494 e. The molecule has 2 rings (SSSR count). The van der Waals surface area contributed by atoms with Gasteiger partial charge in [0, 0.05) is 11.4 Å². The van der Waals surface area contributed by atoms with E-state index < -0.39 is 0 Å². The number of amides is 2. The van der Waals surface area contributed by atoms with Gasteiger partial charge in [-0.15, -0.1) is 0 Å². The maximum Gasteiger partial charge on any atom is 0.238 e. The van der Waals surface area contributed by atoms with Gasteiger partial charge in [0.15, 0.2) is 0 Å². The standard InChI is InChI=1S/C21H27N3O3/c1-5-27-18-10-8-17(9-11-18)22-20(25)13-24(4)14-21(26)23-19-12-15(2)6-7-16(19)3/h6-12H,5,13-14H2,1-4H3,(H,22,25)(H,23,26). The molecule has 0 bridgehead atoms. The summed E-state index contributed by atoms with van der Waals surface area (Å²) in [6.45, 7) is 6.69. The number of carbonyl (C=O) groups is 2. The van der Waals surface area contributed by atoms with Crippen LogP contribution in [0.4, 0.5) is 11.4 Å². The van der Waals surface area contributed by atoms with Crippen molar-refractivity contribution in [2.45, 2.75) is 20.8 Å². The topological polar surface area (TPSA) is 70.7 Å². The molecule has 6 nitrogen and oxygen atoms in total. The molecule has 0 unspecified atom stereocenters. The van der Waals surface area contributed by atoms with Gasteiger partial charge in [-0.2, -0.15) is 0 Å². The zero-order chi connectivity index (χ0) is 19.8. The number of likely N-dealkylation sites (N-methyl/N-ethyl adjacent to an activating group) is 1. The molecule has 0 spiro atoms. The molecule has 0 saturated carbocycles. The molecular formula is C21H27N3O3. The van der Waals surface area contributed by atoms with Crippen LogP contribution in [0.25, 0.3) is 0 Å². The monoisotopic (exact) mass is 369 g/mol. The van der Waals surface area contributed by atoms with E-state index in [0.717, 1.165) is 22.6 Å². The first-order valence-corrected chi connectivity index (χ1v) is 8.95. The van der Waals surface area contributed by atoms with Gasteiger partial charge in [0.25, 0.3) is 0 Å². The minimum atomic E-state index is -0.179. The molecular weight excluding hydrogens is 342 g/mol. The maximum absolute atomic E-state index is 12.2. The van der Waals surface area contributed by atoms with Crippen LogP contribution in [-0.4, -0.2) is 43.5 Å². The van der Waals surface area contributed by atoms with E-state index in [1.165, 1.54) is 0 Å². The van der Waals surface area contributed by atoms with E-state index >= 15 is 0 Å². The van der Waals surface area contributed by atoms with E-state index in [0.29, 0.717) is 12.3 Å². The lowest BCUT2D eigenvalue weighted by Gasteiger charge is -2.17. The molecule has 144 valence electrons. The Labute approximate surface area is 160 Å². The van der Waals surface area contributed by atoms with E-state index in [1.54, 1.807) is 36.2 Å². The van der Waals surface area contributed by atoms with Crippen LogP contribution in [0.5, 0.6) is 5.75 Å². The molecule has 2 N–H and O–H groups in total. The van der Waals surface area contributed by atoms with Crippen LogP contribution in [0.1, 0.15) is 18.1 Å². The Morgan fingerprint density at radius 3 is 2.22 bits per heavy atom. The fourth-order valence-corrected chi connectivity index (χ4v) is 2.61. The Hall–Kier alpha value is -2.86. The molecule has 0 saturated heterocycles. The number of hydrogen-bond donors (Lipinski definition) is 2. The summed E-state index contributed by atoms with van der Waals surface area (Å²) in [6, 6.07) is 13.1. The van der Waals surface area contributed by atoms with Crippen molar-refractivity contribution in [2.24, 2.45) is 0 Å². The molecule has 2 aromatic rings. The Morgan fingerprint density at radius 2 is 1.59 bits per heavy atom. The van der Waals surface area contributed by atoms with Crippen molar-refractivity contribution < 1.29 is 14.3 Å². The molecule has 0 aliphatic rings. The smallest absolute Gasteiger partial charge is 0.238 e. The van der Waals surface area contributed by atoms with E-state index in [2.05, 4.69) is 10.6 Å². The van der Waals surface area contributed by atoms with Crippen molar-refractivity contribution in [2.75, 3.05) is 37.4 Å². The molecule has 0 aliphatic carbocycles. The summed E-state index contributed by atoms with van der Waals surface area (Å²) in [4.78, 5) is 26.1. The zero-order valence-electron chi connectivity index (χ0n) is 16.3. The van der Waals surface area contributed by atoms with Crippen molar-refractivity contribution in [1.29, 1.82) is 0 Å². The molecule has 0 radical (unpaired) electrons. The highest BCUT2D eigenvalue weighted by atomic mass is 16.5. The third-order valence-corrected chi connectivity index (χ3v) is 3.94. The average molecular weight is 369 g/mol. The van der Waals surface area contributed by atoms with Gasteiger partial charge in [0.2, 0.25) is 11.8 Å². The third kappa shape index (κ3) is 6.75. The highest BCUT2D eigenvalue weighted by Gasteiger charge is 2.12. The predicted molar refractivity (Wildman–Crippen MR) is 108 cm³/mol. The number of ether oxygens (including phenoxy) is 1. The number of aryl methyl sites for hydroxylation is 2. The Kier molecular flexibility index (Phi) is 7.37. The molecule has 0 aliphatic heterocycles. The Bertz CT molecular complexity index is 788.